The van der Waals surface area contributed by atoms with E-state index in [1.807, 2.05) is 39.0 Å². The largest absolute Gasteiger partial charge is 0.481 e. The lowest BCUT2D eigenvalue weighted by Crippen LogP contribution is -2.32. The minimum Gasteiger partial charge on any atom is -0.481 e. The van der Waals surface area contributed by atoms with Crippen LogP contribution in [0.4, 0.5) is 5.00 Å². The van der Waals surface area contributed by atoms with Gasteiger partial charge in [0.2, 0.25) is 0 Å². The molecule has 162 valence electrons. The average molecular weight is 430 g/mol. The van der Waals surface area contributed by atoms with E-state index in [1.54, 1.807) is 6.92 Å². The lowest BCUT2D eigenvalue weighted by Gasteiger charge is -2.19. The van der Waals surface area contributed by atoms with Crippen molar-refractivity contribution in [2.45, 2.75) is 66.4 Å². The molecule has 0 saturated carbocycles. The van der Waals surface area contributed by atoms with Gasteiger partial charge in [0.1, 0.15) is 10.8 Å². The summed E-state index contributed by atoms with van der Waals surface area (Å²) in [6.07, 6.45) is 2.69. The fourth-order valence-electron chi connectivity index (χ4n) is 3.72. The van der Waals surface area contributed by atoms with Crippen LogP contribution in [0.15, 0.2) is 18.2 Å². The molecule has 3 rings (SSSR count). The van der Waals surface area contributed by atoms with Crippen LogP contribution in [0.5, 0.6) is 5.75 Å². The molecule has 0 aliphatic heterocycles. The average Bonchev–Trinajstić information content (AvgIpc) is 3.05. The lowest BCUT2D eigenvalue weighted by atomic mass is 9.88. The molecule has 2 atom stereocenters. The molecule has 2 aromatic rings. The van der Waals surface area contributed by atoms with E-state index in [0.29, 0.717) is 35.3 Å². The van der Waals surface area contributed by atoms with Crippen LogP contribution in [0.2, 0.25) is 0 Å². The van der Waals surface area contributed by atoms with Crippen molar-refractivity contribution < 1.29 is 19.1 Å². The predicted octanol–water partition coefficient (Wildman–Crippen LogP) is 5.46. The van der Waals surface area contributed by atoms with Crippen molar-refractivity contribution in [1.29, 1.82) is 0 Å². The van der Waals surface area contributed by atoms with Gasteiger partial charge in [0.15, 0.2) is 6.10 Å². The van der Waals surface area contributed by atoms with Gasteiger partial charge in [-0.3, -0.25) is 4.79 Å². The number of hydrogen-bond donors (Lipinski definition) is 1. The van der Waals surface area contributed by atoms with E-state index < -0.39 is 6.10 Å². The molecule has 0 fully saturated rings. The van der Waals surface area contributed by atoms with Crippen molar-refractivity contribution in [3.63, 3.8) is 0 Å². The fraction of sp³-hybridized carbons (Fsp3) is 0.500. The Kier molecular flexibility index (Phi) is 7.19. The topological polar surface area (TPSA) is 64.6 Å². The highest BCUT2D eigenvalue weighted by molar-refractivity contribution is 7.17. The Morgan fingerprint density at radius 2 is 2.00 bits per heavy atom. The predicted molar refractivity (Wildman–Crippen MR) is 121 cm³/mol. The number of carbonyl (C=O) groups excluding carboxylic acids is 2. The fourth-order valence-corrected chi connectivity index (χ4v) is 5.13. The number of rotatable bonds is 7. The molecule has 0 bridgehead atoms. The normalized spacial score (nSPS) is 16.5. The lowest BCUT2D eigenvalue weighted by molar-refractivity contribution is -0.122. The third kappa shape index (κ3) is 4.86. The number of hydrogen-bond acceptors (Lipinski definition) is 5. The Bertz CT molecular complexity index is 934. The Balaban J connectivity index is 1.83. The number of anilines is 1. The van der Waals surface area contributed by atoms with Gasteiger partial charge >= 0.3 is 5.97 Å². The molecule has 0 saturated heterocycles. The van der Waals surface area contributed by atoms with E-state index in [0.717, 1.165) is 30.4 Å². The van der Waals surface area contributed by atoms with E-state index in [1.165, 1.54) is 21.8 Å². The van der Waals surface area contributed by atoms with Gasteiger partial charge in [0, 0.05) is 4.88 Å². The number of fused-ring (bicyclic) bond motifs is 1. The summed E-state index contributed by atoms with van der Waals surface area (Å²) in [7, 11) is 0. The molecule has 1 aliphatic rings. The summed E-state index contributed by atoms with van der Waals surface area (Å²) in [6, 6.07) is 5.82. The van der Waals surface area contributed by atoms with Crippen LogP contribution < -0.4 is 10.1 Å². The molecule has 0 spiro atoms. The van der Waals surface area contributed by atoms with Gasteiger partial charge in [-0.05, 0) is 81.2 Å². The Morgan fingerprint density at radius 3 is 2.67 bits per heavy atom. The number of aryl methyl sites for hydroxylation is 2. The molecule has 5 nitrogen and oxygen atoms in total. The second kappa shape index (κ2) is 9.65. The van der Waals surface area contributed by atoms with Crippen molar-refractivity contribution in [2.24, 2.45) is 5.92 Å². The first-order valence-corrected chi connectivity index (χ1v) is 11.5. The van der Waals surface area contributed by atoms with Crippen LogP contribution in [0, 0.1) is 19.8 Å². The smallest absolute Gasteiger partial charge is 0.341 e. The molecule has 1 aromatic carbocycles. The first-order chi connectivity index (χ1) is 14.3. The summed E-state index contributed by atoms with van der Waals surface area (Å²) in [4.78, 5) is 26.9. The zero-order valence-electron chi connectivity index (χ0n) is 18.5. The second-order valence-electron chi connectivity index (χ2n) is 8.03. The zero-order chi connectivity index (χ0) is 21.8. The molecular formula is C24H31NO4S. The molecule has 0 unspecified atom stereocenters. The minimum atomic E-state index is -0.639. The molecule has 1 aliphatic carbocycles. The van der Waals surface area contributed by atoms with Gasteiger partial charge in [-0.15, -0.1) is 11.3 Å². The van der Waals surface area contributed by atoms with Gasteiger partial charge in [0.05, 0.1) is 12.2 Å². The number of thiophene rings is 1. The summed E-state index contributed by atoms with van der Waals surface area (Å²) in [5.41, 5.74) is 3.86. The number of ether oxygens (including phenoxy) is 2. The maximum Gasteiger partial charge on any atom is 0.341 e. The molecule has 1 N–H and O–H groups in total. The number of benzene rings is 1. The highest BCUT2D eigenvalue weighted by Crippen LogP contribution is 2.40. The summed E-state index contributed by atoms with van der Waals surface area (Å²) in [6.45, 7) is 10.3. The summed E-state index contributed by atoms with van der Waals surface area (Å²) < 4.78 is 11.3. The second-order valence-corrected chi connectivity index (χ2v) is 9.13. The summed E-state index contributed by atoms with van der Waals surface area (Å²) in [5, 5.41) is 3.56. The van der Waals surface area contributed by atoms with Crippen LogP contribution in [0.3, 0.4) is 0 Å². The Labute approximate surface area is 182 Å². The van der Waals surface area contributed by atoms with Crippen LogP contribution in [0.1, 0.15) is 65.5 Å². The quantitative estimate of drug-likeness (QED) is 0.594. The van der Waals surface area contributed by atoms with Crippen LogP contribution in [0.25, 0.3) is 0 Å². The minimum absolute atomic E-state index is 0.243. The van der Waals surface area contributed by atoms with Gasteiger partial charge < -0.3 is 14.8 Å². The first kappa shape index (κ1) is 22.3. The van der Waals surface area contributed by atoms with Crippen molar-refractivity contribution in [3.05, 3.63) is 45.3 Å². The summed E-state index contributed by atoms with van der Waals surface area (Å²) in [5.74, 6) is 0.646. The van der Waals surface area contributed by atoms with E-state index >= 15 is 0 Å². The maximum absolute atomic E-state index is 13.0. The molecule has 6 heteroatoms. The number of carbonyl (C=O) groups is 2. The van der Waals surface area contributed by atoms with Crippen LogP contribution in [-0.2, 0) is 22.4 Å². The van der Waals surface area contributed by atoms with E-state index in [4.69, 9.17) is 9.47 Å². The maximum atomic E-state index is 13.0. The highest BCUT2D eigenvalue weighted by Gasteiger charge is 2.30. The third-order valence-electron chi connectivity index (χ3n) is 5.65. The van der Waals surface area contributed by atoms with E-state index in [9.17, 15) is 9.59 Å². The molecule has 30 heavy (non-hydrogen) atoms. The van der Waals surface area contributed by atoms with Crippen molar-refractivity contribution in [3.8, 4) is 5.75 Å². The standard InChI is InChI=1S/C24H31NO4S/c1-6-19(29-17-10-9-15(4)16(5)13-17)22(26)25-23-21(24(27)28-7-2)18-11-8-14(3)12-20(18)30-23/h9-10,13-14,19H,6-8,11-12H2,1-5H3,(H,25,26)/t14-,19+/m0/s1. The molecule has 1 amide bonds. The first-order valence-electron chi connectivity index (χ1n) is 10.7. The number of amides is 1. The van der Waals surface area contributed by atoms with Gasteiger partial charge in [0.25, 0.3) is 5.91 Å². The molecule has 0 radical (unpaired) electrons. The third-order valence-corrected chi connectivity index (χ3v) is 6.82. The van der Waals surface area contributed by atoms with Crippen molar-refractivity contribution in [1.82, 2.24) is 0 Å². The number of esters is 1. The zero-order valence-corrected chi connectivity index (χ0v) is 19.3. The van der Waals surface area contributed by atoms with Crippen molar-refractivity contribution in [2.75, 3.05) is 11.9 Å². The van der Waals surface area contributed by atoms with E-state index in [2.05, 4.69) is 12.2 Å². The molecular weight excluding hydrogens is 398 g/mol. The number of nitrogens with one attached hydrogen (secondary N) is 1. The van der Waals surface area contributed by atoms with Crippen LogP contribution >= 0.6 is 11.3 Å². The summed E-state index contributed by atoms with van der Waals surface area (Å²) >= 11 is 1.50. The monoisotopic (exact) mass is 429 g/mol. The highest BCUT2D eigenvalue weighted by atomic mass is 32.1. The van der Waals surface area contributed by atoms with Crippen molar-refractivity contribution >= 4 is 28.2 Å². The molecule has 1 aromatic heterocycles. The Morgan fingerprint density at radius 1 is 1.23 bits per heavy atom. The molecule has 1 heterocycles. The van der Waals surface area contributed by atoms with Gasteiger partial charge in [-0.1, -0.05) is 19.9 Å². The van der Waals surface area contributed by atoms with E-state index in [-0.39, 0.29) is 11.9 Å². The van der Waals surface area contributed by atoms with Gasteiger partial charge in [-0.25, -0.2) is 4.79 Å². The van der Waals surface area contributed by atoms with Gasteiger partial charge in [-0.2, -0.15) is 0 Å². The Hall–Kier alpha value is -2.34. The SMILES string of the molecule is CCOC(=O)c1c(NC(=O)[C@@H](CC)Oc2ccc(C)c(C)c2)sc2c1CC[C@H](C)C2. The van der Waals surface area contributed by atoms with Crippen LogP contribution in [-0.4, -0.2) is 24.6 Å².